The van der Waals surface area contributed by atoms with Crippen LogP contribution in [0.15, 0.2) is 30.3 Å². The fourth-order valence-electron chi connectivity index (χ4n) is 1.25. The number of amides is 1. The molecule has 78 valence electrons. The standard InChI is InChI=1S/C12H14N2O/c1-10(9-13)14-12(15)8-7-11-5-3-2-4-6-11/h2-6,10H,7-8H2,1H3,(H,14,15). The molecule has 0 aliphatic rings. The Balaban J connectivity index is 2.32. The van der Waals surface area contributed by atoms with Gasteiger partial charge in [-0.3, -0.25) is 4.79 Å². The molecule has 0 aliphatic carbocycles. The average Bonchev–Trinajstić information content (AvgIpc) is 2.27. The number of nitrogens with one attached hydrogen (secondary N) is 1. The molecular formula is C12H14N2O. The molecule has 0 heterocycles. The van der Waals surface area contributed by atoms with Gasteiger partial charge in [-0.2, -0.15) is 5.26 Å². The minimum atomic E-state index is -0.409. The van der Waals surface area contributed by atoms with Crippen molar-refractivity contribution < 1.29 is 4.79 Å². The van der Waals surface area contributed by atoms with Crippen molar-refractivity contribution in [1.29, 1.82) is 5.26 Å². The van der Waals surface area contributed by atoms with Gasteiger partial charge in [0.15, 0.2) is 0 Å². The quantitative estimate of drug-likeness (QED) is 0.807. The molecule has 0 radical (unpaired) electrons. The zero-order valence-corrected chi connectivity index (χ0v) is 8.73. The van der Waals surface area contributed by atoms with Gasteiger partial charge in [0, 0.05) is 6.42 Å². The van der Waals surface area contributed by atoms with Crippen molar-refractivity contribution >= 4 is 5.91 Å². The van der Waals surface area contributed by atoms with E-state index in [0.29, 0.717) is 12.8 Å². The van der Waals surface area contributed by atoms with E-state index in [4.69, 9.17) is 5.26 Å². The molecule has 3 heteroatoms. The maximum absolute atomic E-state index is 11.3. The number of carbonyl (C=O) groups is 1. The monoisotopic (exact) mass is 202 g/mol. The molecule has 1 amide bonds. The number of carbonyl (C=O) groups excluding carboxylic acids is 1. The molecule has 1 aromatic rings. The zero-order valence-electron chi connectivity index (χ0n) is 8.73. The molecule has 0 aromatic heterocycles. The van der Waals surface area contributed by atoms with E-state index in [2.05, 4.69) is 5.32 Å². The Hall–Kier alpha value is -1.82. The van der Waals surface area contributed by atoms with E-state index in [0.717, 1.165) is 5.56 Å². The highest BCUT2D eigenvalue weighted by molar-refractivity contribution is 5.76. The molecule has 0 aliphatic heterocycles. The number of aryl methyl sites for hydroxylation is 1. The van der Waals surface area contributed by atoms with Gasteiger partial charge >= 0.3 is 0 Å². The summed E-state index contributed by atoms with van der Waals surface area (Å²) in [6.07, 6.45) is 1.14. The lowest BCUT2D eigenvalue weighted by atomic mass is 10.1. The van der Waals surface area contributed by atoms with E-state index in [1.807, 2.05) is 36.4 Å². The Morgan fingerprint density at radius 1 is 1.47 bits per heavy atom. The van der Waals surface area contributed by atoms with Crippen LogP contribution < -0.4 is 5.32 Å². The minimum Gasteiger partial charge on any atom is -0.341 e. The van der Waals surface area contributed by atoms with Crippen LogP contribution in [0.1, 0.15) is 18.9 Å². The van der Waals surface area contributed by atoms with Gasteiger partial charge < -0.3 is 5.32 Å². The van der Waals surface area contributed by atoms with Crippen LogP contribution in [0, 0.1) is 11.3 Å². The van der Waals surface area contributed by atoms with Gasteiger partial charge in [0.25, 0.3) is 0 Å². The predicted molar refractivity (Wildman–Crippen MR) is 58.0 cm³/mol. The highest BCUT2D eigenvalue weighted by Gasteiger charge is 2.05. The molecular weight excluding hydrogens is 188 g/mol. The fourth-order valence-corrected chi connectivity index (χ4v) is 1.25. The topological polar surface area (TPSA) is 52.9 Å². The van der Waals surface area contributed by atoms with Crippen LogP contribution in [0.25, 0.3) is 0 Å². The Labute approximate surface area is 89.7 Å². The maximum Gasteiger partial charge on any atom is 0.221 e. The van der Waals surface area contributed by atoms with Gasteiger partial charge in [-0.05, 0) is 18.9 Å². The van der Waals surface area contributed by atoms with Gasteiger partial charge in [-0.25, -0.2) is 0 Å². The summed E-state index contributed by atoms with van der Waals surface area (Å²) < 4.78 is 0. The Bertz CT molecular complexity index is 354. The third-order valence-corrected chi connectivity index (χ3v) is 2.05. The van der Waals surface area contributed by atoms with E-state index < -0.39 is 6.04 Å². The van der Waals surface area contributed by atoms with Crippen molar-refractivity contribution in [2.75, 3.05) is 0 Å². The second kappa shape index (κ2) is 5.82. The first-order valence-corrected chi connectivity index (χ1v) is 4.95. The molecule has 0 saturated heterocycles. The molecule has 1 unspecified atom stereocenters. The van der Waals surface area contributed by atoms with Gasteiger partial charge in [0.05, 0.1) is 6.07 Å². The largest absolute Gasteiger partial charge is 0.341 e. The van der Waals surface area contributed by atoms with Crippen molar-refractivity contribution in [2.45, 2.75) is 25.8 Å². The summed E-state index contributed by atoms with van der Waals surface area (Å²) >= 11 is 0. The van der Waals surface area contributed by atoms with Crippen LogP contribution in [0.2, 0.25) is 0 Å². The van der Waals surface area contributed by atoms with Crippen molar-refractivity contribution in [3.05, 3.63) is 35.9 Å². The maximum atomic E-state index is 11.3. The van der Waals surface area contributed by atoms with Gasteiger partial charge in [-0.1, -0.05) is 30.3 Å². The van der Waals surface area contributed by atoms with Crippen molar-refractivity contribution in [2.24, 2.45) is 0 Å². The van der Waals surface area contributed by atoms with Crippen molar-refractivity contribution in [3.8, 4) is 6.07 Å². The molecule has 1 aromatic carbocycles. The smallest absolute Gasteiger partial charge is 0.221 e. The van der Waals surface area contributed by atoms with Crippen molar-refractivity contribution in [3.63, 3.8) is 0 Å². The van der Waals surface area contributed by atoms with Gasteiger partial charge in [-0.15, -0.1) is 0 Å². The number of nitrogens with zero attached hydrogens (tertiary/aromatic N) is 1. The summed E-state index contributed by atoms with van der Waals surface area (Å²) in [7, 11) is 0. The number of hydrogen-bond acceptors (Lipinski definition) is 2. The molecule has 0 saturated carbocycles. The highest BCUT2D eigenvalue weighted by Crippen LogP contribution is 2.02. The first-order chi connectivity index (χ1) is 7.22. The SMILES string of the molecule is CC(C#N)NC(=O)CCc1ccccc1. The van der Waals surface area contributed by atoms with E-state index >= 15 is 0 Å². The Morgan fingerprint density at radius 2 is 2.13 bits per heavy atom. The first-order valence-electron chi connectivity index (χ1n) is 4.95. The number of hydrogen-bond donors (Lipinski definition) is 1. The molecule has 1 rings (SSSR count). The molecule has 0 bridgehead atoms. The molecule has 1 N–H and O–H groups in total. The number of nitriles is 1. The van der Waals surface area contributed by atoms with E-state index in [1.165, 1.54) is 0 Å². The molecule has 0 spiro atoms. The summed E-state index contributed by atoms with van der Waals surface area (Å²) in [5, 5.41) is 11.1. The third-order valence-electron chi connectivity index (χ3n) is 2.05. The minimum absolute atomic E-state index is 0.0760. The van der Waals surface area contributed by atoms with Gasteiger partial charge in [0.1, 0.15) is 6.04 Å². The summed E-state index contributed by atoms with van der Waals surface area (Å²) in [4.78, 5) is 11.3. The molecule has 0 fully saturated rings. The summed E-state index contributed by atoms with van der Waals surface area (Å²) in [5.74, 6) is -0.0760. The highest BCUT2D eigenvalue weighted by atomic mass is 16.1. The van der Waals surface area contributed by atoms with Crippen LogP contribution in [0.3, 0.4) is 0 Å². The fraction of sp³-hybridized carbons (Fsp3) is 0.333. The Morgan fingerprint density at radius 3 is 2.73 bits per heavy atom. The lowest BCUT2D eigenvalue weighted by Crippen LogP contribution is -2.31. The molecule has 15 heavy (non-hydrogen) atoms. The van der Waals surface area contributed by atoms with Crippen LogP contribution >= 0.6 is 0 Å². The van der Waals surface area contributed by atoms with Crippen LogP contribution in [0.4, 0.5) is 0 Å². The lowest BCUT2D eigenvalue weighted by Gasteiger charge is -2.05. The second-order valence-electron chi connectivity index (χ2n) is 3.40. The predicted octanol–water partition coefficient (Wildman–Crippen LogP) is 1.65. The summed E-state index contributed by atoms with van der Waals surface area (Å²) in [6.45, 7) is 1.67. The van der Waals surface area contributed by atoms with E-state index in [1.54, 1.807) is 6.92 Å². The first kappa shape index (κ1) is 11.3. The van der Waals surface area contributed by atoms with Gasteiger partial charge in [0.2, 0.25) is 5.91 Å². The van der Waals surface area contributed by atoms with E-state index in [9.17, 15) is 4.79 Å². The van der Waals surface area contributed by atoms with E-state index in [-0.39, 0.29) is 5.91 Å². The summed E-state index contributed by atoms with van der Waals surface area (Å²) in [6, 6.07) is 11.4. The number of benzene rings is 1. The van der Waals surface area contributed by atoms with Crippen molar-refractivity contribution in [1.82, 2.24) is 5.32 Å². The third kappa shape index (κ3) is 4.28. The summed E-state index contributed by atoms with van der Waals surface area (Å²) in [5.41, 5.74) is 1.14. The van der Waals surface area contributed by atoms with Crippen LogP contribution in [-0.2, 0) is 11.2 Å². The van der Waals surface area contributed by atoms with Crippen LogP contribution in [0.5, 0.6) is 0 Å². The lowest BCUT2D eigenvalue weighted by molar-refractivity contribution is -0.121. The average molecular weight is 202 g/mol. The molecule has 1 atom stereocenters. The zero-order chi connectivity index (χ0) is 11.1. The molecule has 3 nitrogen and oxygen atoms in total. The van der Waals surface area contributed by atoms with Crippen LogP contribution in [-0.4, -0.2) is 11.9 Å². The normalized spacial score (nSPS) is 11.5. The Kier molecular flexibility index (Phi) is 4.36. The second-order valence-corrected chi connectivity index (χ2v) is 3.40. The number of rotatable bonds is 4.